The normalized spacial score (nSPS) is 10.2. The number of phenols is 1. The Morgan fingerprint density at radius 2 is 1.74 bits per heavy atom. The van der Waals surface area contributed by atoms with Gasteiger partial charge in [0.25, 0.3) is 0 Å². The second-order valence-electron chi connectivity index (χ2n) is 4.33. The van der Waals surface area contributed by atoms with E-state index in [1.807, 2.05) is 13.0 Å². The van der Waals surface area contributed by atoms with Gasteiger partial charge in [-0.05, 0) is 61.4 Å². The molecule has 0 atom stereocenters. The Balaban J connectivity index is 2.19. The van der Waals surface area contributed by atoms with Gasteiger partial charge >= 0.3 is 0 Å². The lowest BCUT2D eigenvalue weighted by atomic mass is 10.1. The highest BCUT2D eigenvalue weighted by atomic mass is 16.5. The summed E-state index contributed by atoms with van der Waals surface area (Å²) in [6.45, 7) is 3.50. The highest BCUT2D eigenvalue weighted by Crippen LogP contribution is 2.27. The summed E-state index contributed by atoms with van der Waals surface area (Å²) in [5.74, 6) is 1.65. The predicted molar refractivity (Wildman–Crippen MR) is 74.0 cm³/mol. The number of ketones is 1. The molecule has 0 aliphatic rings. The highest BCUT2D eigenvalue weighted by molar-refractivity contribution is 5.94. The molecular formula is C16H16O3. The van der Waals surface area contributed by atoms with Gasteiger partial charge in [-0.3, -0.25) is 4.79 Å². The molecule has 0 aromatic heterocycles. The summed E-state index contributed by atoms with van der Waals surface area (Å²) in [4.78, 5) is 11.2. The Morgan fingerprint density at radius 1 is 1.11 bits per heavy atom. The van der Waals surface area contributed by atoms with Gasteiger partial charge in [-0.25, -0.2) is 0 Å². The molecule has 3 heteroatoms. The van der Waals surface area contributed by atoms with Crippen LogP contribution >= 0.6 is 0 Å². The third-order valence-corrected chi connectivity index (χ3v) is 2.93. The summed E-state index contributed by atoms with van der Waals surface area (Å²) in [6, 6.07) is 12.1. The SMILES string of the molecule is CCc1cc(Oc2ccc(C(C)=O)cc2)ccc1O. The minimum absolute atomic E-state index is 0.0319. The van der Waals surface area contributed by atoms with Gasteiger partial charge in [0.05, 0.1) is 0 Å². The average Bonchev–Trinajstić information content (AvgIpc) is 2.41. The van der Waals surface area contributed by atoms with Crippen molar-refractivity contribution in [1.29, 1.82) is 0 Å². The molecule has 1 N–H and O–H groups in total. The van der Waals surface area contributed by atoms with Gasteiger partial charge in [0, 0.05) is 5.56 Å². The van der Waals surface area contributed by atoms with Crippen molar-refractivity contribution in [3.05, 3.63) is 53.6 Å². The number of Topliss-reactive ketones (excluding diaryl/α,β-unsaturated/α-hetero) is 1. The van der Waals surface area contributed by atoms with Gasteiger partial charge in [0.1, 0.15) is 17.2 Å². The van der Waals surface area contributed by atoms with E-state index in [0.717, 1.165) is 12.0 Å². The molecule has 0 bridgehead atoms. The van der Waals surface area contributed by atoms with Crippen molar-refractivity contribution in [1.82, 2.24) is 0 Å². The summed E-state index contributed by atoms with van der Waals surface area (Å²) in [5, 5.41) is 9.61. The molecule has 19 heavy (non-hydrogen) atoms. The Bertz CT molecular complexity index is 585. The Kier molecular flexibility index (Phi) is 3.85. The topological polar surface area (TPSA) is 46.5 Å². The Morgan fingerprint density at radius 3 is 2.32 bits per heavy atom. The van der Waals surface area contributed by atoms with Crippen LogP contribution in [0, 0.1) is 0 Å². The Labute approximate surface area is 112 Å². The number of carbonyl (C=O) groups excluding carboxylic acids is 1. The lowest BCUT2D eigenvalue weighted by molar-refractivity contribution is 0.101. The molecule has 0 heterocycles. The fourth-order valence-electron chi connectivity index (χ4n) is 1.80. The summed E-state index contributed by atoms with van der Waals surface area (Å²) < 4.78 is 5.69. The van der Waals surface area contributed by atoms with E-state index in [0.29, 0.717) is 17.1 Å². The molecule has 0 fully saturated rings. The van der Waals surface area contributed by atoms with Crippen LogP contribution in [0.2, 0.25) is 0 Å². The smallest absolute Gasteiger partial charge is 0.159 e. The maximum atomic E-state index is 11.2. The van der Waals surface area contributed by atoms with E-state index < -0.39 is 0 Å². The molecule has 0 spiro atoms. The van der Waals surface area contributed by atoms with Gasteiger partial charge in [0.2, 0.25) is 0 Å². The molecule has 98 valence electrons. The third kappa shape index (κ3) is 3.13. The molecule has 2 aromatic rings. The number of benzene rings is 2. The fraction of sp³-hybridized carbons (Fsp3) is 0.188. The number of hydrogen-bond donors (Lipinski definition) is 1. The first kappa shape index (κ1) is 13.1. The van der Waals surface area contributed by atoms with Gasteiger partial charge in [-0.2, -0.15) is 0 Å². The van der Waals surface area contributed by atoms with Crippen LogP contribution in [0.25, 0.3) is 0 Å². The number of aryl methyl sites for hydroxylation is 1. The van der Waals surface area contributed by atoms with Crippen molar-refractivity contribution in [2.24, 2.45) is 0 Å². The molecule has 2 aromatic carbocycles. The summed E-state index contributed by atoms with van der Waals surface area (Å²) in [5.41, 5.74) is 1.50. The molecule has 0 saturated heterocycles. The van der Waals surface area contributed by atoms with Crippen LogP contribution in [0.15, 0.2) is 42.5 Å². The second-order valence-corrected chi connectivity index (χ2v) is 4.33. The first-order chi connectivity index (χ1) is 9.10. The van der Waals surface area contributed by atoms with E-state index in [9.17, 15) is 9.90 Å². The van der Waals surface area contributed by atoms with Crippen LogP contribution in [0.3, 0.4) is 0 Å². The van der Waals surface area contributed by atoms with E-state index in [1.54, 1.807) is 36.4 Å². The number of ether oxygens (including phenoxy) is 1. The summed E-state index contributed by atoms with van der Waals surface area (Å²) >= 11 is 0. The average molecular weight is 256 g/mol. The number of carbonyl (C=O) groups is 1. The summed E-state index contributed by atoms with van der Waals surface area (Å²) in [6.07, 6.45) is 0.742. The van der Waals surface area contributed by atoms with Crippen molar-refractivity contribution in [3.8, 4) is 17.2 Å². The minimum atomic E-state index is 0.0319. The van der Waals surface area contributed by atoms with Crippen molar-refractivity contribution in [2.75, 3.05) is 0 Å². The van der Waals surface area contributed by atoms with Crippen molar-refractivity contribution < 1.29 is 14.6 Å². The third-order valence-electron chi connectivity index (χ3n) is 2.93. The molecule has 0 radical (unpaired) electrons. The highest BCUT2D eigenvalue weighted by Gasteiger charge is 2.04. The van der Waals surface area contributed by atoms with E-state index in [2.05, 4.69) is 0 Å². The van der Waals surface area contributed by atoms with Gasteiger partial charge in [-0.1, -0.05) is 6.92 Å². The van der Waals surface area contributed by atoms with Crippen LogP contribution in [0.4, 0.5) is 0 Å². The minimum Gasteiger partial charge on any atom is -0.508 e. The predicted octanol–water partition coefficient (Wildman–Crippen LogP) is 3.95. The Hall–Kier alpha value is -2.29. The standard InChI is InChI=1S/C16H16O3/c1-3-12-10-15(8-9-16(12)18)19-14-6-4-13(5-7-14)11(2)17/h4-10,18H,3H2,1-2H3. The first-order valence-corrected chi connectivity index (χ1v) is 6.21. The zero-order chi connectivity index (χ0) is 13.8. The largest absolute Gasteiger partial charge is 0.508 e. The van der Waals surface area contributed by atoms with Crippen LogP contribution in [-0.2, 0) is 6.42 Å². The molecule has 0 amide bonds. The van der Waals surface area contributed by atoms with Crippen molar-refractivity contribution in [2.45, 2.75) is 20.3 Å². The summed E-state index contributed by atoms with van der Waals surface area (Å²) in [7, 11) is 0. The van der Waals surface area contributed by atoms with Crippen molar-refractivity contribution in [3.63, 3.8) is 0 Å². The monoisotopic (exact) mass is 256 g/mol. The zero-order valence-electron chi connectivity index (χ0n) is 11.0. The second kappa shape index (κ2) is 5.57. The molecule has 0 unspecified atom stereocenters. The molecule has 0 aliphatic carbocycles. The molecule has 0 saturated carbocycles. The molecular weight excluding hydrogens is 240 g/mol. The first-order valence-electron chi connectivity index (χ1n) is 6.21. The maximum Gasteiger partial charge on any atom is 0.159 e. The van der Waals surface area contributed by atoms with E-state index >= 15 is 0 Å². The van der Waals surface area contributed by atoms with E-state index in [-0.39, 0.29) is 11.5 Å². The maximum absolute atomic E-state index is 11.2. The van der Waals surface area contributed by atoms with Crippen LogP contribution < -0.4 is 4.74 Å². The van der Waals surface area contributed by atoms with Gasteiger partial charge in [-0.15, -0.1) is 0 Å². The number of phenolic OH excluding ortho intramolecular Hbond substituents is 1. The van der Waals surface area contributed by atoms with Crippen LogP contribution in [0.1, 0.15) is 29.8 Å². The van der Waals surface area contributed by atoms with E-state index in [1.165, 1.54) is 6.92 Å². The number of rotatable bonds is 4. The van der Waals surface area contributed by atoms with E-state index in [4.69, 9.17) is 4.74 Å². The van der Waals surface area contributed by atoms with Crippen LogP contribution in [0.5, 0.6) is 17.2 Å². The number of hydrogen-bond acceptors (Lipinski definition) is 3. The molecule has 0 aliphatic heterocycles. The lowest BCUT2D eigenvalue weighted by Crippen LogP contribution is -1.92. The van der Waals surface area contributed by atoms with Crippen LogP contribution in [-0.4, -0.2) is 10.9 Å². The fourth-order valence-corrected chi connectivity index (χ4v) is 1.80. The zero-order valence-corrected chi connectivity index (χ0v) is 11.0. The van der Waals surface area contributed by atoms with Gasteiger partial charge in [0.15, 0.2) is 5.78 Å². The molecule has 2 rings (SSSR count). The lowest BCUT2D eigenvalue weighted by Gasteiger charge is -2.08. The van der Waals surface area contributed by atoms with Gasteiger partial charge < -0.3 is 9.84 Å². The number of aromatic hydroxyl groups is 1. The van der Waals surface area contributed by atoms with Crippen molar-refractivity contribution >= 4 is 5.78 Å². The molecule has 3 nitrogen and oxygen atoms in total. The quantitative estimate of drug-likeness (QED) is 0.842.